The van der Waals surface area contributed by atoms with E-state index in [0.717, 1.165) is 25.9 Å². The Labute approximate surface area is 233 Å². The highest BCUT2D eigenvalue weighted by atomic mass is 32.2. The van der Waals surface area contributed by atoms with E-state index in [-0.39, 0.29) is 4.90 Å². The summed E-state index contributed by atoms with van der Waals surface area (Å²) in [6.45, 7) is 1.94. The Balaban J connectivity index is 1.41. The third-order valence-corrected chi connectivity index (χ3v) is 8.32. The number of anilines is 1. The van der Waals surface area contributed by atoms with Crippen LogP contribution in [0.15, 0.2) is 118 Å². The zero-order valence-corrected chi connectivity index (χ0v) is 23.3. The summed E-state index contributed by atoms with van der Waals surface area (Å²) in [6, 6.07) is 30.7. The molecule has 9 heteroatoms. The minimum Gasteiger partial charge on any atom is -0.489 e. The van der Waals surface area contributed by atoms with Crippen LogP contribution in [-0.2, 0) is 21.4 Å². The molecule has 0 bridgehead atoms. The average Bonchev–Trinajstić information content (AvgIpc) is 2.96. The molecule has 0 aliphatic heterocycles. The second kappa shape index (κ2) is 13.1. The maximum atomic E-state index is 13.5. The molecule has 0 atom stereocenters. The van der Waals surface area contributed by atoms with Crippen molar-refractivity contribution in [3.05, 3.63) is 120 Å². The van der Waals surface area contributed by atoms with Gasteiger partial charge in [-0.25, -0.2) is 13.8 Å². The van der Waals surface area contributed by atoms with Crippen molar-refractivity contribution in [2.24, 2.45) is 5.10 Å². The van der Waals surface area contributed by atoms with Crippen molar-refractivity contribution in [1.82, 2.24) is 5.43 Å². The number of rotatable bonds is 11. The lowest BCUT2D eigenvalue weighted by Crippen LogP contribution is -2.39. The number of benzene rings is 4. The second-order valence-electron chi connectivity index (χ2n) is 8.66. The van der Waals surface area contributed by atoms with Crippen LogP contribution in [0.1, 0.15) is 16.7 Å². The van der Waals surface area contributed by atoms with E-state index in [1.54, 1.807) is 48.5 Å². The maximum absolute atomic E-state index is 13.5. The van der Waals surface area contributed by atoms with Crippen molar-refractivity contribution in [2.75, 3.05) is 17.1 Å². The highest BCUT2D eigenvalue weighted by molar-refractivity contribution is 7.98. The van der Waals surface area contributed by atoms with Gasteiger partial charge in [0.25, 0.3) is 15.9 Å². The number of hydrazone groups is 1. The van der Waals surface area contributed by atoms with Crippen LogP contribution >= 0.6 is 11.8 Å². The van der Waals surface area contributed by atoms with Crippen molar-refractivity contribution in [1.29, 1.82) is 0 Å². The molecule has 0 aliphatic rings. The monoisotopic (exact) mass is 559 g/mol. The number of ether oxygens (including phenoxy) is 1. The molecule has 0 fully saturated rings. The fourth-order valence-corrected chi connectivity index (χ4v) is 5.47. The van der Waals surface area contributed by atoms with Gasteiger partial charge in [0.05, 0.1) is 16.8 Å². The lowest BCUT2D eigenvalue weighted by Gasteiger charge is -2.24. The number of sulfonamides is 1. The Morgan fingerprint density at radius 2 is 1.59 bits per heavy atom. The molecule has 0 saturated carbocycles. The molecule has 0 unspecified atom stereocenters. The second-order valence-corrected chi connectivity index (χ2v) is 11.4. The van der Waals surface area contributed by atoms with Crippen LogP contribution in [-0.4, -0.2) is 33.3 Å². The number of thioether (sulfide) groups is 1. The van der Waals surface area contributed by atoms with Gasteiger partial charge in [0.1, 0.15) is 18.9 Å². The van der Waals surface area contributed by atoms with Crippen LogP contribution < -0.4 is 14.5 Å². The van der Waals surface area contributed by atoms with Gasteiger partial charge in [0.15, 0.2) is 0 Å². The third kappa shape index (κ3) is 7.72. The van der Waals surface area contributed by atoms with Crippen molar-refractivity contribution < 1.29 is 17.9 Å². The van der Waals surface area contributed by atoms with Gasteiger partial charge in [-0.15, -0.1) is 11.8 Å². The van der Waals surface area contributed by atoms with Crippen LogP contribution in [0.2, 0.25) is 0 Å². The number of amides is 1. The van der Waals surface area contributed by atoms with E-state index in [1.807, 2.05) is 67.8 Å². The molecule has 7 nitrogen and oxygen atoms in total. The first-order valence-corrected chi connectivity index (χ1v) is 14.8. The molecule has 1 N–H and O–H groups in total. The van der Waals surface area contributed by atoms with Crippen molar-refractivity contribution in [2.45, 2.75) is 23.3 Å². The quantitative estimate of drug-likeness (QED) is 0.146. The number of nitrogens with one attached hydrogen (secondary N) is 1. The third-order valence-electron chi connectivity index (χ3n) is 5.79. The Bertz CT molecular complexity index is 1510. The van der Waals surface area contributed by atoms with Crippen LogP contribution in [0.4, 0.5) is 5.69 Å². The van der Waals surface area contributed by atoms with E-state index in [9.17, 15) is 13.2 Å². The average molecular weight is 560 g/mol. The van der Waals surface area contributed by atoms with E-state index in [4.69, 9.17) is 4.74 Å². The summed E-state index contributed by atoms with van der Waals surface area (Å²) in [4.78, 5) is 13.8. The molecular weight excluding hydrogens is 530 g/mol. The minimum absolute atomic E-state index is 0.103. The zero-order valence-electron chi connectivity index (χ0n) is 21.7. The van der Waals surface area contributed by atoms with Crippen LogP contribution in [0.25, 0.3) is 0 Å². The molecule has 4 aromatic carbocycles. The summed E-state index contributed by atoms with van der Waals surface area (Å²) >= 11 is 1.52. The van der Waals surface area contributed by atoms with Gasteiger partial charge in [-0.05, 0) is 85.0 Å². The summed E-state index contributed by atoms with van der Waals surface area (Å²) in [7, 11) is -4.00. The first kappa shape index (κ1) is 27.9. The first-order valence-electron chi connectivity index (χ1n) is 12.2. The Morgan fingerprint density at radius 3 is 2.23 bits per heavy atom. The van der Waals surface area contributed by atoms with Crippen molar-refractivity contribution in [3.63, 3.8) is 0 Å². The smallest absolute Gasteiger partial charge is 0.264 e. The Hall–Kier alpha value is -4.08. The van der Waals surface area contributed by atoms with Crippen molar-refractivity contribution >= 4 is 39.6 Å². The normalized spacial score (nSPS) is 11.3. The predicted molar refractivity (Wildman–Crippen MR) is 157 cm³/mol. The van der Waals surface area contributed by atoms with Gasteiger partial charge in [0.2, 0.25) is 0 Å². The predicted octanol–water partition coefficient (Wildman–Crippen LogP) is 5.64. The molecule has 0 saturated heterocycles. The van der Waals surface area contributed by atoms with Gasteiger partial charge < -0.3 is 4.74 Å². The zero-order chi connectivity index (χ0) is 27.7. The Kier molecular flexibility index (Phi) is 9.40. The molecule has 0 heterocycles. The number of hydrogen-bond donors (Lipinski definition) is 1. The van der Waals surface area contributed by atoms with Gasteiger partial charge in [-0.3, -0.25) is 9.10 Å². The molecule has 0 spiro atoms. The molecule has 0 radical (unpaired) electrons. The SMILES string of the molecule is CSc1ccc(S(=O)(=O)N(CC(=O)N/N=C\c2ccc(OCc3ccccc3)cc2)c2ccc(C)cc2)cc1. The molecule has 0 aromatic heterocycles. The van der Waals surface area contributed by atoms with E-state index < -0.39 is 22.5 Å². The number of carbonyl (C=O) groups is 1. The van der Waals surface area contributed by atoms with Crippen LogP contribution in [0.5, 0.6) is 5.75 Å². The number of carbonyl (C=O) groups excluding carboxylic acids is 1. The lowest BCUT2D eigenvalue weighted by atomic mass is 10.2. The maximum Gasteiger partial charge on any atom is 0.264 e. The largest absolute Gasteiger partial charge is 0.489 e. The van der Waals surface area contributed by atoms with Gasteiger partial charge in [-0.1, -0.05) is 48.0 Å². The van der Waals surface area contributed by atoms with Crippen LogP contribution in [0, 0.1) is 6.92 Å². The number of hydrogen-bond acceptors (Lipinski definition) is 6. The number of aryl methyl sites for hydroxylation is 1. The summed E-state index contributed by atoms with van der Waals surface area (Å²) in [6.07, 6.45) is 3.41. The standard InChI is InChI=1S/C30H29N3O4S2/c1-23-8-12-26(13-9-23)33(39(35,36)29-18-16-28(38-2)17-19-29)21-30(34)32-31-20-24-10-14-27(15-11-24)37-22-25-6-4-3-5-7-25/h3-20H,21-22H2,1-2H3,(H,32,34)/b31-20-. The highest BCUT2D eigenvalue weighted by Gasteiger charge is 2.27. The number of nitrogens with zero attached hydrogens (tertiary/aromatic N) is 2. The minimum atomic E-state index is -4.00. The summed E-state index contributed by atoms with van der Waals surface area (Å²) in [5, 5.41) is 4.01. The summed E-state index contributed by atoms with van der Waals surface area (Å²) < 4.78 is 33.9. The molecule has 39 heavy (non-hydrogen) atoms. The van der Waals surface area contributed by atoms with Gasteiger partial charge in [0, 0.05) is 4.90 Å². The van der Waals surface area contributed by atoms with E-state index >= 15 is 0 Å². The summed E-state index contributed by atoms with van der Waals surface area (Å²) in [5.41, 5.74) is 5.63. The van der Waals surface area contributed by atoms with E-state index in [1.165, 1.54) is 18.0 Å². The Morgan fingerprint density at radius 1 is 0.923 bits per heavy atom. The lowest BCUT2D eigenvalue weighted by molar-refractivity contribution is -0.119. The molecule has 200 valence electrons. The topological polar surface area (TPSA) is 88.1 Å². The molecule has 4 rings (SSSR count). The van der Waals surface area contributed by atoms with E-state index in [2.05, 4.69) is 10.5 Å². The fraction of sp³-hybridized carbons (Fsp3) is 0.133. The highest BCUT2D eigenvalue weighted by Crippen LogP contribution is 2.25. The summed E-state index contributed by atoms with van der Waals surface area (Å²) in [5.74, 6) is 0.142. The fourth-order valence-electron chi connectivity index (χ4n) is 3.64. The molecule has 1 amide bonds. The van der Waals surface area contributed by atoms with Crippen molar-refractivity contribution in [3.8, 4) is 5.75 Å². The van der Waals surface area contributed by atoms with Crippen LogP contribution in [0.3, 0.4) is 0 Å². The molecule has 4 aromatic rings. The van der Waals surface area contributed by atoms with Gasteiger partial charge >= 0.3 is 0 Å². The van der Waals surface area contributed by atoms with Gasteiger partial charge in [-0.2, -0.15) is 5.10 Å². The molecular formula is C30H29N3O4S2. The first-order chi connectivity index (χ1) is 18.8. The van der Waals surface area contributed by atoms with E-state index in [0.29, 0.717) is 18.0 Å². The molecule has 0 aliphatic carbocycles.